The number of anilines is 1. The maximum absolute atomic E-state index is 13.1. The summed E-state index contributed by atoms with van der Waals surface area (Å²) in [6, 6.07) is 10.0. The molecule has 1 aliphatic heterocycles. The fourth-order valence-corrected chi connectivity index (χ4v) is 3.73. The van der Waals surface area contributed by atoms with Gasteiger partial charge in [0.05, 0.1) is 21.3 Å². The highest BCUT2D eigenvalue weighted by Gasteiger charge is 2.19. The number of hydrogen-bond donors (Lipinski definition) is 0. The number of carbonyl (C=O) groups excluding carboxylic acids is 1. The SMILES string of the molecule is COc1cc(C(=O)CCCN2CCN(c3ccc(F)cc3)CC2)cc(OC)c1OC.Cl. The van der Waals surface area contributed by atoms with Crippen molar-refractivity contribution in [2.45, 2.75) is 12.8 Å². The highest BCUT2D eigenvalue weighted by atomic mass is 35.5. The molecule has 0 aliphatic carbocycles. The van der Waals surface area contributed by atoms with E-state index in [1.807, 2.05) is 12.1 Å². The Kier molecular flexibility index (Phi) is 9.40. The van der Waals surface area contributed by atoms with E-state index in [0.29, 0.717) is 29.2 Å². The lowest BCUT2D eigenvalue weighted by Crippen LogP contribution is -2.46. The smallest absolute Gasteiger partial charge is 0.203 e. The first kappa shape index (κ1) is 24.8. The molecule has 0 aromatic heterocycles. The van der Waals surface area contributed by atoms with Gasteiger partial charge in [0.25, 0.3) is 0 Å². The lowest BCUT2D eigenvalue weighted by molar-refractivity contribution is 0.0973. The van der Waals surface area contributed by atoms with Gasteiger partial charge in [-0.25, -0.2) is 4.39 Å². The maximum Gasteiger partial charge on any atom is 0.203 e. The van der Waals surface area contributed by atoms with Crippen LogP contribution in [0.3, 0.4) is 0 Å². The molecule has 0 saturated carbocycles. The second-order valence-electron chi connectivity index (χ2n) is 7.25. The van der Waals surface area contributed by atoms with Gasteiger partial charge in [0.1, 0.15) is 5.82 Å². The Morgan fingerprint density at radius 2 is 1.52 bits per heavy atom. The van der Waals surface area contributed by atoms with Crippen LogP contribution in [0.2, 0.25) is 0 Å². The summed E-state index contributed by atoms with van der Waals surface area (Å²) >= 11 is 0. The van der Waals surface area contributed by atoms with E-state index < -0.39 is 0 Å². The van der Waals surface area contributed by atoms with Gasteiger partial charge in [-0.15, -0.1) is 12.4 Å². The molecule has 1 fully saturated rings. The summed E-state index contributed by atoms with van der Waals surface area (Å²) in [4.78, 5) is 17.3. The molecule has 1 aliphatic rings. The number of ether oxygens (including phenoxy) is 3. The molecule has 0 bridgehead atoms. The van der Waals surface area contributed by atoms with Crippen molar-refractivity contribution in [3.63, 3.8) is 0 Å². The third kappa shape index (κ3) is 6.24. The maximum atomic E-state index is 13.1. The Morgan fingerprint density at radius 1 is 0.935 bits per heavy atom. The minimum absolute atomic E-state index is 0. The zero-order chi connectivity index (χ0) is 21.5. The van der Waals surface area contributed by atoms with E-state index >= 15 is 0 Å². The first-order valence-corrected chi connectivity index (χ1v) is 10.1. The molecular weight excluding hydrogens is 423 g/mol. The molecule has 0 unspecified atom stereocenters. The standard InChI is InChI=1S/C23H29FN2O4.ClH/c1-28-21-15-17(16-22(29-2)23(21)30-3)20(27)5-4-10-25-11-13-26(14-12-25)19-8-6-18(24)7-9-19;/h6-9,15-16H,4-5,10-14H2,1-3H3;1H. The van der Waals surface area contributed by atoms with Crippen LogP contribution < -0.4 is 19.1 Å². The average Bonchev–Trinajstić information content (AvgIpc) is 2.79. The van der Waals surface area contributed by atoms with Crippen LogP contribution in [0.4, 0.5) is 10.1 Å². The first-order valence-electron chi connectivity index (χ1n) is 10.1. The molecule has 0 radical (unpaired) electrons. The van der Waals surface area contributed by atoms with E-state index in [2.05, 4.69) is 9.80 Å². The van der Waals surface area contributed by atoms with Crippen molar-refractivity contribution in [2.75, 3.05) is 59.0 Å². The molecule has 3 rings (SSSR count). The number of benzene rings is 2. The first-order chi connectivity index (χ1) is 14.5. The third-order valence-corrected chi connectivity index (χ3v) is 5.43. The summed E-state index contributed by atoms with van der Waals surface area (Å²) in [5.74, 6) is 1.29. The van der Waals surface area contributed by atoms with Crippen LogP contribution in [0.15, 0.2) is 36.4 Å². The molecule has 1 heterocycles. The van der Waals surface area contributed by atoms with Gasteiger partial charge in [-0.1, -0.05) is 0 Å². The van der Waals surface area contributed by atoms with Gasteiger partial charge >= 0.3 is 0 Å². The number of ketones is 1. The molecule has 0 spiro atoms. The van der Waals surface area contributed by atoms with Gasteiger partial charge in [0.2, 0.25) is 5.75 Å². The monoisotopic (exact) mass is 452 g/mol. The van der Waals surface area contributed by atoms with Crippen molar-refractivity contribution in [1.29, 1.82) is 0 Å². The predicted octanol–water partition coefficient (Wildman–Crippen LogP) is 4.06. The average molecular weight is 453 g/mol. The van der Waals surface area contributed by atoms with Crippen LogP contribution in [0, 0.1) is 5.82 Å². The quantitative estimate of drug-likeness (QED) is 0.535. The molecule has 31 heavy (non-hydrogen) atoms. The number of Topliss-reactive ketones (excluding diaryl/α,β-unsaturated/α-hetero) is 1. The topological polar surface area (TPSA) is 51.2 Å². The Balaban J connectivity index is 0.00000341. The van der Waals surface area contributed by atoms with Gasteiger partial charge in [-0.2, -0.15) is 0 Å². The molecule has 1 saturated heterocycles. The lowest BCUT2D eigenvalue weighted by atomic mass is 10.0. The van der Waals surface area contributed by atoms with Crippen LogP contribution in [-0.4, -0.2) is 64.7 Å². The van der Waals surface area contributed by atoms with Crippen molar-refractivity contribution in [3.05, 3.63) is 47.8 Å². The van der Waals surface area contributed by atoms with Gasteiger partial charge in [0, 0.05) is 43.9 Å². The predicted molar refractivity (Wildman–Crippen MR) is 122 cm³/mol. The van der Waals surface area contributed by atoms with E-state index in [9.17, 15) is 9.18 Å². The number of rotatable bonds is 9. The summed E-state index contributed by atoms with van der Waals surface area (Å²) in [5, 5.41) is 0. The van der Waals surface area contributed by atoms with E-state index in [0.717, 1.165) is 44.8 Å². The Morgan fingerprint density at radius 3 is 2.03 bits per heavy atom. The van der Waals surface area contributed by atoms with Gasteiger partial charge in [-0.3, -0.25) is 9.69 Å². The number of carbonyl (C=O) groups is 1. The number of piperazine rings is 1. The van der Waals surface area contributed by atoms with Crippen LogP contribution in [0.1, 0.15) is 23.2 Å². The Labute approximate surface area is 189 Å². The van der Waals surface area contributed by atoms with Crippen LogP contribution in [0.5, 0.6) is 17.2 Å². The van der Waals surface area contributed by atoms with E-state index in [1.165, 1.54) is 33.5 Å². The minimum atomic E-state index is -0.214. The normalized spacial score (nSPS) is 14.0. The summed E-state index contributed by atoms with van der Waals surface area (Å²) in [7, 11) is 4.62. The zero-order valence-electron chi connectivity index (χ0n) is 18.2. The molecule has 0 N–H and O–H groups in total. The highest BCUT2D eigenvalue weighted by molar-refractivity contribution is 5.97. The van der Waals surface area contributed by atoms with Crippen LogP contribution in [-0.2, 0) is 0 Å². The molecule has 8 heteroatoms. The highest BCUT2D eigenvalue weighted by Crippen LogP contribution is 2.38. The van der Waals surface area contributed by atoms with Crippen molar-refractivity contribution in [2.24, 2.45) is 0 Å². The zero-order valence-corrected chi connectivity index (χ0v) is 19.0. The molecule has 2 aromatic rings. The Bertz CT molecular complexity index is 830. The fourth-order valence-electron chi connectivity index (χ4n) is 3.73. The fraction of sp³-hybridized carbons (Fsp3) is 0.435. The van der Waals surface area contributed by atoms with E-state index in [4.69, 9.17) is 14.2 Å². The van der Waals surface area contributed by atoms with Gasteiger partial charge in [0.15, 0.2) is 17.3 Å². The second kappa shape index (κ2) is 11.8. The second-order valence-corrected chi connectivity index (χ2v) is 7.25. The number of nitrogens with zero attached hydrogens (tertiary/aromatic N) is 2. The molecule has 170 valence electrons. The largest absolute Gasteiger partial charge is 0.493 e. The number of methoxy groups -OCH3 is 3. The molecular formula is C23H30ClFN2O4. The molecule has 6 nitrogen and oxygen atoms in total. The number of hydrogen-bond acceptors (Lipinski definition) is 6. The van der Waals surface area contributed by atoms with Crippen LogP contribution >= 0.6 is 12.4 Å². The van der Waals surface area contributed by atoms with E-state index in [1.54, 1.807) is 12.1 Å². The van der Waals surface area contributed by atoms with E-state index in [-0.39, 0.29) is 24.0 Å². The molecule has 0 amide bonds. The van der Waals surface area contributed by atoms with Crippen molar-refractivity contribution in [3.8, 4) is 17.2 Å². The number of halogens is 2. The van der Waals surface area contributed by atoms with Crippen molar-refractivity contribution in [1.82, 2.24) is 4.90 Å². The van der Waals surface area contributed by atoms with Crippen molar-refractivity contribution < 1.29 is 23.4 Å². The summed E-state index contributed by atoms with van der Waals surface area (Å²) in [6.07, 6.45) is 1.24. The molecule has 0 atom stereocenters. The molecule has 2 aromatic carbocycles. The summed E-state index contributed by atoms with van der Waals surface area (Å²) < 4.78 is 29.1. The van der Waals surface area contributed by atoms with Crippen LogP contribution in [0.25, 0.3) is 0 Å². The van der Waals surface area contributed by atoms with Gasteiger partial charge < -0.3 is 19.1 Å². The lowest BCUT2D eigenvalue weighted by Gasteiger charge is -2.36. The van der Waals surface area contributed by atoms with Gasteiger partial charge in [-0.05, 0) is 49.4 Å². The minimum Gasteiger partial charge on any atom is -0.493 e. The Hall–Kier alpha value is -2.51. The summed E-state index contributed by atoms with van der Waals surface area (Å²) in [6.45, 7) is 4.51. The third-order valence-electron chi connectivity index (χ3n) is 5.43. The summed E-state index contributed by atoms with van der Waals surface area (Å²) in [5.41, 5.74) is 1.61. The van der Waals surface area contributed by atoms with Crippen molar-refractivity contribution >= 4 is 23.9 Å².